The van der Waals surface area contributed by atoms with Crippen LogP contribution in [-0.4, -0.2) is 82.6 Å². The van der Waals surface area contributed by atoms with E-state index in [4.69, 9.17) is 14.6 Å². The second kappa shape index (κ2) is 30.5. The largest absolute Gasteiger partial charge is 0.508 e. The van der Waals surface area contributed by atoms with Gasteiger partial charge in [-0.1, -0.05) is 97.1 Å². The molecule has 6 aromatic carbocycles. The Hall–Kier alpha value is -9.67. The maximum absolute atomic E-state index is 12.0. The summed E-state index contributed by atoms with van der Waals surface area (Å²) in [5.41, 5.74) is 7.51. The number of aliphatic hydroxyl groups is 5. The fraction of sp³-hybridized carbons (Fsp3) is 0.113. The summed E-state index contributed by atoms with van der Waals surface area (Å²) >= 11 is 0. The number of hydrogen-bond donors (Lipinski definition) is 10. The van der Waals surface area contributed by atoms with E-state index in [-0.39, 0.29) is 71.7 Å². The highest BCUT2D eigenvalue weighted by Gasteiger charge is 2.06. The smallest absolute Gasteiger partial charge is 0.182 e. The number of aryl methyl sites for hydroxylation is 2. The molecule has 0 radical (unpaired) electrons. The Bertz CT molecular complexity index is 3210. The third-order valence-corrected chi connectivity index (χ3v) is 11.0. The van der Waals surface area contributed by atoms with E-state index in [2.05, 4.69) is 0 Å². The predicted molar refractivity (Wildman–Crippen MR) is 298 cm³/mol. The van der Waals surface area contributed by atoms with Gasteiger partial charge in [0, 0.05) is 17.7 Å². The molecule has 398 valence electrons. The molecule has 6 aromatic rings. The Morgan fingerprint density at radius 1 is 0.377 bits per heavy atom. The summed E-state index contributed by atoms with van der Waals surface area (Å²) in [5, 5.41) is 94.8. The van der Waals surface area contributed by atoms with Crippen molar-refractivity contribution in [1.82, 2.24) is 0 Å². The summed E-state index contributed by atoms with van der Waals surface area (Å²) in [5.74, 6) is -0.732. The first-order valence-corrected chi connectivity index (χ1v) is 23.5. The number of aromatic hydroxyl groups is 5. The van der Waals surface area contributed by atoms with E-state index in [0.29, 0.717) is 39.1 Å². The molecule has 10 N–H and O–H groups in total. The van der Waals surface area contributed by atoms with Crippen molar-refractivity contribution in [1.29, 1.82) is 0 Å². The van der Waals surface area contributed by atoms with Crippen molar-refractivity contribution in [3.05, 3.63) is 231 Å². The van der Waals surface area contributed by atoms with Crippen molar-refractivity contribution >= 4 is 53.8 Å². The molecule has 15 heteroatoms. The number of aliphatic hydroxyl groups excluding tert-OH is 5. The van der Waals surface area contributed by atoms with Gasteiger partial charge in [0.15, 0.2) is 40.3 Å². The lowest BCUT2D eigenvalue weighted by Crippen LogP contribution is -1.94. The first-order valence-electron chi connectivity index (χ1n) is 23.5. The van der Waals surface area contributed by atoms with Gasteiger partial charge < -0.3 is 60.5 Å². The van der Waals surface area contributed by atoms with Crippen LogP contribution in [0.1, 0.15) is 61.2 Å². The van der Waals surface area contributed by atoms with Crippen molar-refractivity contribution in [3.8, 4) is 40.2 Å². The van der Waals surface area contributed by atoms with Crippen molar-refractivity contribution in [2.75, 3.05) is 14.2 Å². The van der Waals surface area contributed by atoms with Gasteiger partial charge in [-0.05, 0) is 154 Å². The van der Waals surface area contributed by atoms with Crippen LogP contribution in [0.25, 0.3) is 36.5 Å². The number of benzene rings is 6. The van der Waals surface area contributed by atoms with Crippen LogP contribution in [0, 0.1) is 13.8 Å². The summed E-state index contributed by atoms with van der Waals surface area (Å²) < 4.78 is 10.2. The summed E-state index contributed by atoms with van der Waals surface area (Å²) in [6.07, 6.45) is 19.7. The lowest BCUT2D eigenvalue weighted by molar-refractivity contribution is -0.111. The van der Waals surface area contributed by atoms with Gasteiger partial charge in [-0.2, -0.15) is 0 Å². The van der Waals surface area contributed by atoms with Gasteiger partial charge in [0.05, 0.1) is 34.0 Å². The molecule has 0 atom stereocenters. The maximum atomic E-state index is 12.0. The molecule has 0 aliphatic heterocycles. The average Bonchev–Trinajstić information content (AvgIpc) is 3.42. The number of allylic oxidation sites excluding steroid dienone is 8. The molecule has 0 saturated carbocycles. The van der Waals surface area contributed by atoms with Crippen LogP contribution >= 0.6 is 0 Å². The number of carbonyl (C=O) groups is 3. The van der Waals surface area contributed by atoms with Crippen molar-refractivity contribution in [3.63, 3.8) is 0 Å². The predicted octanol–water partition coefficient (Wildman–Crippen LogP) is 10.5. The van der Waals surface area contributed by atoms with Crippen molar-refractivity contribution < 1.29 is 74.9 Å². The van der Waals surface area contributed by atoms with Crippen molar-refractivity contribution in [2.45, 2.75) is 33.7 Å². The van der Waals surface area contributed by atoms with E-state index in [1.807, 2.05) is 25.1 Å². The van der Waals surface area contributed by atoms with E-state index < -0.39 is 5.78 Å². The molecule has 0 aromatic heterocycles. The minimum absolute atomic E-state index is 0.0300. The average molecular weight is 1050 g/mol. The Balaban J connectivity index is 0.000000251. The molecule has 0 bridgehead atoms. The molecule has 77 heavy (non-hydrogen) atoms. The maximum Gasteiger partial charge on any atom is 0.182 e. The first-order chi connectivity index (χ1) is 36.8. The topological polar surface area (TPSA) is 272 Å². The molecule has 15 nitrogen and oxygen atoms in total. The fourth-order valence-corrected chi connectivity index (χ4v) is 6.61. The molecule has 0 unspecified atom stereocenters. The Labute approximate surface area is 445 Å². The van der Waals surface area contributed by atoms with E-state index in [1.165, 1.54) is 80.0 Å². The standard InChI is InChI=1S/C23H24O5.C21H20O6.C18H16O4/c1-16-3-4-18(12-23(16)28-2)7-10-22(27)13-21(26)9-6-17-5-8-19(14-24)20(11-17)15-25;1-27-21-9-5-15(11-20(21)26)4-8-18(24)12-17(23)7-3-14-2-6-16(13-22)19(25)10-14;1-12-2-3-13(10-17(12)21)4-7-15(19)8-5-14-6-9-16(20)18(22)11-14/h3-13,24-26H,14-15H2,1-2H3;2-12,22,24-26H,13H2,1H3;2-11,20-22H,1H3/b9-6+,10-7+,21-13?;7-3+,8-4+,18-12-;7-4+,8-5+. The highest BCUT2D eigenvalue weighted by Crippen LogP contribution is 2.28. The third kappa shape index (κ3) is 20.3. The normalized spacial score (nSPS) is 11.8. The molecule has 0 aliphatic rings. The molecular weight excluding hydrogens is 985 g/mol. The van der Waals surface area contributed by atoms with Crippen LogP contribution in [0.2, 0.25) is 0 Å². The zero-order valence-corrected chi connectivity index (χ0v) is 42.6. The monoisotopic (exact) mass is 1040 g/mol. The minimum Gasteiger partial charge on any atom is -0.508 e. The number of rotatable bonds is 19. The van der Waals surface area contributed by atoms with Gasteiger partial charge in [0.2, 0.25) is 0 Å². The Morgan fingerprint density at radius 3 is 1.23 bits per heavy atom. The fourth-order valence-electron chi connectivity index (χ4n) is 6.61. The van der Waals surface area contributed by atoms with Crippen LogP contribution in [0.15, 0.2) is 169 Å². The molecule has 0 aliphatic carbocycles. The molecule has 0 heterocycles. The number of methoxy groups -OCH3 is 2. The third-order valence-electron chi connectivity index (χ3n) is 11.0. The molecule has 0 amide bonds. The highest BCUT2D eigenvalue weighted by atomic mass is 16.5. The number of ether oxygens (including phenoxy) is 2. The number of phenols is 5. The van der Waals surface area contributed by atoms with Crippen LogP contribution in [0.5, 0.6) is 40.2 Å². The zero-order chi connectivity index (χ0) is 56.4. The van der Waals surface area contributed by atoms with E-state index >= 15 is 0 Å². The van der Waals surface area contributed by atoms with Gasteiger partial charge in [-0.15, -0.1) is 0 Å². The summed E-state index contributed by atoms with van der Waals surface area (Å²) in [6, 6.07) is 29.6. The Kier molecular flexibility index (Phi) is 23.7. The summed E-state index contributed by atoms with van der Waals surface area (Å²) in [7, 11) is 3.04. The quantitative estimate of drug-likeness (QED) is 0.0156. The second-order valence-electron chi connectivity index (χ2n) is 16.7. The molecular formula is C62H60O15. The van der Waals surface area contributed by atoms with Crippen LogP contribution < -0.4 is 9.47 Å². The highest BCUT2D eigenvalue weighted by molar-refractivity contribution is 6.05. The number of phenolic OH excluding ortho intramolecular Hbond substituents is 4. The van der Waals surface area contributed by atoms with E-state index in [1.54, 1.807) is 105 Å². The summed E-state index contributed by atoms with van der Waals surface area (Å²) in [4.78, 5) is 35.6. The minimum atomic E-state index is -0.444. The van der Waals surface area contributed by atoms with Crippen LogP contribution in [-0.2, 0) is 34.2 Å². The molecule has 0 spiro atoms. The van der Waals surface area contributed by atoms with Gasteiger partial charge in [0.1, 0.15) is 28.8 Å². The lowest BCUT2D eigenvalue weighted by atomic mass is 10.0. The zero-order valence-electron chi connectivity index (χ0n) is 42.6. The first kappa shape index (κ1) is 59.9. The molecule has 0 saturated heterocycles. The van der Waals surface area contributed by atoms with Gasteiger partial charge in [0.25, 0.3) is 0 Å². The number of carbonyl (C=O) groups excluding carboxylic acids is 3. The van der Waals surface area contributed by atoms with Gasteiger partial charge >= 0.3 is 0 Å². The number of hydrogen-bond acceptors (Lipinski definition) is 15. The summed E-state index contributed by atoms with van der Waals surface area (Å²) in [6.45, 7) is 3.12. The Morgan fingerprint density at radius 2 is 0.766 bits per heavy atom. The van der Waals surface area contributed by atoms with Crippen molar-refractivity contribution in [2.24, 2.45) is 0 Å². The van der Waals surface area contributed by atoms with Gasteiger partial charge in [-0.3, -0.25) is 14.4 Å². The molecule has 0 fully saturated rings. The van der Waals surface area contributed by atoms with Crippen LogP contribution in [0.4, 0.5) is 0 Å². The van der Waals surface area contributed by atoms with Crippen LogP contribution in [0.3, 0.4) is 0 Å². The van der Waals surface area contributed by atoms with E-state index in [0.717, 1.165) is 45.7 Å². The second-order valence-corrected chi connectivity index (χ2v) is 16.7. The van der Waals surface area contributed by atoms with Gasteiger partial charge in [-0.25, -0.2) is 0 Å². The number of ketones is 3. The SMILES string of the molecule is COc1cc(/C=C/C(=O)C=C(O)/C=C/c2ccc(CO)c(CO)c2)ccc1C.COc1ccc(/C=C/C(O)=C/C(=O)/C=C/c2ccc(CO)c(O)c2)cc1O.Cc1ccc(/C=C/C(=O)/C=C/c2ccc(O)c(O)c2)cc1O. The van der Waals surface area contributed by atoms with E-state index in [9.17, 15) is 60.3 Å². The molecule has 6 rings (SSSR count). The lowest BCUT2D eigenvalue weighted by Gasteiger charge is -2.05.